The molecule has 1 heterocycles. The maximum absolute atomic E-state index is 3.76. The first-order valence-corrected chi connectivity index (χ1v) is 9.67. The van der Waals surface area contributed by atoms with E-state index in [1.807, 2.05) is 0 Å². The van der Waals surface area contributed by atoms with E-state index in [2.05, 4.69) is 48.5 Å². The average molecular weight is 279 g/mol. The molecule has 2 aliphatic rings. The van der Waals surface area contributed by atoms with Gasteiger partial charge in [-0.05, 0) is 49.0 Å². The van der Waals surface area contributed by atoms with E-state index in [1.54, 1.807) is 5.57 Å². The minimum Gasteiger partial charge on any atom is -0.274 e. The van der Waals surface area contributed by atoms with Gasteiger partial charge in [0.15, 0.2) is 0 Å². The highest BCUT2D eigenvalue weighted by Gasteiger charge is 2.25. The molecule has 19 heavy (non-hydrogen) atoms. The minimum absolute atomic E-state index is 0.838. The van der Waals surface area contributed by atoms with Crippen molar-refractivity contribution in [2.24, 2.45) is 5.92 Å². The summed E-state index contributed by atoms with van der Waals surface area (Å²) in [7, 11) is -0.874. The van der Waals surface area contributed by atoms with Crippen LogP contribution in [0.1, 0.15) is 52.9 Å². The molecule has 1 unspecified atom stereocenters. The Hall–Kier alpha value is -0.470. The second-order valence-electron chi connectivity index (χ2n) is 6.05. The molecule has 0 bridgehead atoms. The molecular weight excluding hydrogens is 250 g/mol. The molecular formula is C17H29NS. The van der Waals surface area contributed by atoms with Crippen LogP contribution in [0.3, 0.4) is 0 Å². The molecule has 1 fully saturated rings. The monoisotopic (exact) mass is 279 g/mol. The van der Waals surface area contributed by atoms with E-state index in [4.69, 9.17) is 0 Å². The van der Waals surface area contributed by atoms with Crippen molar-refractivity contribution < 1.29 is 0 Å². The maximum Gasteiger partial charge on any atom is 0.0145 e. The summed E-state index contributed by atoms with van der Waals surface area (Å²) in [6.45, 7) is 7.68. The summed E-state index contributed by atoms with van der Waals surface area (Å²) in [5.74, 6) is 2.00. The summed E-state index contributed by atoms with van der Waals surface area (Å²) >= 11 is 0. The molecule has 0 amide bonds. The van der Waals surface area contributed by atoms with E-state index >= 15 is 0 Å². The van der Waals surface area contributed by atoms with Gasteiger partial charge in [0.2, 0.25) is 0 Å². The number of hydrogen-bond donors (Lipinski definition) is 1. The summed E-state index contributed by atoms with van der Waals surface area (Å²) < 4.78 is 3.76. The van der Waals surface area contributed by atoms with Gasteiger partial charge in [-0.2, -0.15) is 0 Å². The lowest BCUT2D eigenvalue weighted by atomic mass is 9.84. The van der Waals surface area contributed by atoms with Gasteiger partial charge in [0.25, 0.3) is 0 Å². The van der Waals surface area contributed by atoms with E-state index in [9.17, 15) is 0 Å². The van der Waals surface area contributed by atoms with Crippen molar-refractivity contribution in [1.82, 2.24) is 4.72 Å². The molecule has 1 aliphatic heterocycles. The molecule has 1 saturated carbocycles. The zero-order chi connectivity index (χ0) is 13.7. The Kier molecular flexibility index (Phi) is 5.35. The Bertz CT molecular complexity index is 384. The fraction of sp³-hybridized carbons (Fsp3) is 0.647. The van der Waals surface area contributed by atoms with Gasteiger partial charge in [0.05, 0.1) is 0 Å². The lowest BCUT2D eigenvalue weighted by Gasteiger charge is -2.32. The fourth-order valence-electron chi connectivity index (χ4n) is 3.02. The van der Waals surface area contributed by atoms with Crippen LogP contribution < -0.4 is 4.72 Å². The summed E-state index contributed by atoms with van der Waals surface area (Å²) in [5, 5.41) is 5.06. The molecule has 2 rings (SSSR count). The van der Waals surface area contributed by atoms with Gasteiger partial charge in [-0.25, -0.2) is 0 Å². The fourth-order valence-corrected chi connectivity index (χ4v) is 5.90. The van der Waals surface area contributed by atoms with Crippen LogP contribution in [0.4, 0.5) is 0 Å². The summed E-state index contributed by atoms with van der Waals surface area (Å²) in [5.41, 5.74) is 3.05. The predicted molar refractivity (Wildman–Crippen MR) is 89.4 cm³/mol. The smallest absolute Gasteiger partial charge is 0.0145 e. The summed E-state index contributed by atoms with van der Waals surface area (Å²) in [6, 6.07) is 0. The highest BCUT2D eigenvalue weighted by atomic mass is 32.3. The van der Waals surface area contributed by atoms with Gasteiger partial charge in [0.1, 0.15) is 0 Å². The van der Waals surface area contributed by atoms with Gasteiger partial charge in [-0.15, -0.1) is 10.2 Å². The third-order valence-corrected chi connectivity index (χ3v) is 6.97. The largest absolute Gasteiger partial charge is 0.274 e. The van der Waals surface area contributed by atoms with Crippen molar-refractivity contribution >= 4 is 10.2 Å². The van der Waals surface area contributed by atoms with Gasteiger partial charge >= 0.3 is 0 Å². The maximum atomic E-state index is 3.76. The normalized spacial score (nSPS) is 30.8. The highest BCUT2D eigenvalue weighted by Crippen LogP contribution is 2.54. The van der Waals surface area contributed by atoms with Gasteiger partial charge in [-0.1, -0.05) is 43.9 Å². The Morgan fingerprint density at radius 1 is 1.32 bits per heavy atom. The van der Waals surface area contributed by atoms with E-state index < -0.39 is 10.2 Å². The van der Waals surface area contributed by atoms with Gasteiger partial charge in [0, 0.05) is 12.3 Å². The van der Waals surface area contributed by atoms with E-state index in [0.717, 1.165) is 18.2 Å². The molecule has 108 valence electrons. The van der Waals surface area contributed by atoms with Crippen LogP contribution >= 0.6 is 10.2 Å². The minimum atomic E-state index is -0.874. The van der Waals surface area contributed by atoms with Crippen LogP contribution in [0.15, 0.2) is 34.1 Å². The number of nitrogens with one attached hydrogen (secondary N) is 1. The first-order chi connectivity index (χ1) is 9.15. The molecule has 0 radical (unpaired) electrons. The number of allylic oxidation sites excluding steroid dienone is 3. The van der Waals surface area contributed by atoms with Crippen LogP contribution in [0, 0.1) is 5.92 Å². The lowest BCUT2D eigenvalue weighted by Crippen LogP contribution is -2.18. The Labute approximate surface area is 120 Å². The molecule has 0 aromatic carbocycles. The number of rotatable bonds is 5. The van der Waals surface area contributed by atoms with Crippen LogP contribution in [0.2, 0.25) is 0 Å². The predicted octanol–water partition coefficient (Wildman–Crippen LogP) is 5.27. The van der Waals surface area contributed by atoms with Crippen LogP contribution in [-0.2, 0) is 0 Å². The van der Waals surface area contributed by atoms with Gasteiger partial charge in [-0.3, -0.25) is 4.72 Å². The standard InChI is InChI=1S/C17H29NS/c1-4-18-19(12-10-15(2)3)13-11-17(14-19)16-8-6-5-7-9-16/h10-11,13-14,16,18H,4-9,12H2,1-3H3. The van der Waals surface area contributed by atoms with Crippen molar-refractivity contribution in [3.63, 3.8) is 0 Å². The second-order valence-corrected chi connectivity index (χ2v) is 8.88. The van der Waals surface area contributed by atoms with Gasteiger partial charge < -0.3 is 0 Å². The molecule has 2 heteroatoms. The molecule has 1 nitrogen and oxygen atoms in total. The molecule has 0 saturated heterocycles. The Morgan fingerprint density at radius 3 is 2.68 bits per heavy atom. The van der Waals surface area contributed by atoms with E-state index in [-0.39, 0.29) is 0 Å². The van der Waals surface area contributed by atoms with E-state index in [1.165, 1.54) is 37.7 Å². The first-order valence-electron chi connectivity index (χ1n) is 7.74. The van der Waals surface area contributed by atoms with Crippen molar-refractivity contribution in [2.45, 2.75) is 52.9 Å². The second kappa shape index (κ2) is 6.81. The van der Waals surface area contributed by atoms with Crippen LogP contribution in [0.5, 0.6) is 0 Å². The third kappa shape index (κ3) is 4.00. The SMILES string of the molecule is CCNS1(CC=C(C)C)C=CC(C2CCCCC2)=C1. The molecule has 1 N–H and O–H groups in total. The topological polar surface area (TPSA) is 12.0 Å². The Morgan fingerprint density at radius 2 is 2.05 bits per heavy atom. The lowest BCUT2D eigenvalue weighted by molar-refractivity contribution is 0.409. The van der Waals surface area contributed by atoms with Crippen molar-refractivity contribution in [3.05, 3.63) is 34.1 Å². The van der Waals surface area contributed by atoms with Crippen molar-refractivity contribution in [3.8, 4) is 0 Å². The highest BCUT2D eigenvalue weighted by molar-refractivity contribution is 8.37. The van der Waals surface area contributed by atoms with Crippen molar-refractivity contribution in [1.29, 1.82) is 0 Å². The first kappa shape index (κ1) is 14.9. The molecule has 1 aliphatic carbocycles. The van der Waals surface area contributed by atoms with Crippen molar-refractivity contribution in [2.75, 3.05) is 12.3 Å². The van der Waals surface area contributed by atoms with Crippen LogP contribution in [-0.4, -0.2) is 12.3 Å². The zero-order valence-electron chi connectivity index (χ0n) is 12.7. The van der Waals surface area contributed by atoms with Crippen LogP contribution in [0.25, 0.3) is 0 Å². The number of hydrogen-bond acceptors (Lipinski definition) is 1. The molecule has 1 atom stereocenters. The zero-order valence-corrected chi connectivity index (χ0v) is 13.6. The Balaban J connectivity index is 2.10. The third-order valence-electron chi connectivity index (χ3n) is 4.11. The molecule has 0 aromatic rings. The van der Waals surface area contributed by atoms with E-state index in [0.29, 0.717) is 0 Å². The molecule has 0 spiro atoms. The average Bonchev–Trinajstić information content (AvgIpc) is 2.83. The summed E-state index contributed by atoms with van der Waals surface area (Å²) in [6.07, 6.45) is 11.9. The molecule has 0 aromatic heterocycles. The quantitative estimate of drug-likeness (QED) is 0.676. The summed E-state index contributed by atoms with van der Waals surface area (Å²) in [4.78, 5) is 0.